The highest BCUT2D eigenvalue weighted by Gasteiger charge is 2.29. The van der Waals surface area contributed by atoms with Crippen molar-refractivity contribution in [1.82, 2.24) is 10.6 Å². The highest BCUT2D eigenvalue weighted by atomic mass is 32.2. The number of thioether (sulfide) groups is 1. The largest absolute Gasteiger partial charge is 0.457 e. The molecule has 0 aliphatic carbocycles. The SMILES string of the molecule is CNC(=O)NC(=O)Nc1ccc(Oc2ccc(SC(F)(F)F)cc2)c(C)c1. The van der Waals surface area contributed by atoms with Crippen molar-refractivity contribution in [1.29, 1.82) is 0 Å². The average Bonchev–Trinajstić information content (AvgIpc) is 2.57. The summed E-state index contributed by atoms with van der Waals surface area (Å²) in [6, 6.07) is 8.99. The molecule has 0 saturated carbocycles. The maximum absolute atomic E-state index is 12.3. The number of imide groups is 1. The van der Waals surface area contributed by atoms with Gasteiger partial charge in [0.2, 0.25) is 0 Å². The number of anilines is 1. The molecule has 0 radical (unpaired) electrons. The van der Waals surface area contributed by atoms with Crippen molar-refractivity contribution in [3.63, 3.8) is 0 Å². The lowest BCUT2D eigenvalue weighted by molar-refractivity contribution is -0.0328. The van der Waals surface area contributed by atoms with E-state index in [4.69, 9.17) is 4.74 Å². The minimum absolute atomic E-state index is 0.0632. The number of alkyl halides is 3. The maximum atomic E-state index is 12.3. The Kier molecular flexibility index (Phi) is 6.56. The standard InChI is InChI=1S/C17H16F3N3O3S/c1-10-9-11(22-16(25)23-15(24)21-2)3-8-14(10)26-12-4-6-13(7-5-12)27-17(18,19)20/h3-9H,1-2H3,(H3,21,22,23,24,25). The van der Waals surface area contributed by atoms with Gasteiger partial charge in [0.15, 0.2) is 0 Å². The first-order valence-electron chi connectivity index (χ1n) is 7.60. The molecule has 0 atom stereocenters. The summed E-state index contributed by atoms with van der Waals surface area (Å²) in [6.07, 6.45) is 0. The van der Waals surface area contributed by atoms with Gasteiger partial charge in [-0.05, 0) is 66.7 Å². The molecule has 27 heavy (non-hydrogen) atoms. The predicted octanol–water partition coefficient (Wildman–Crippen LogP) is 4.86. The number of amides is 4. The first-order valence-corrected chi connectivity index (χ1v) is 8.42. The van der Waals surface area contributed by atoms with Crippen LogP contribution in [0, 0.1) is 6.92 Å². The van der Waals surface area contributed by atoms with Gasteiger partial charge in [-0.3, -0.25) is 5.32 Å². The molecule has 0 aliphatic rings. The first-order chi connectivity index (χ1) is 12.7. The second-order valence-electron chi connectivity index (χ2n) is 5.26. The lowest BCUT2D eigenvalue weighted by Gasteiger charge is -2.12. The Balaban J connectivity index is 2.01. The molecule has 2 rings (SSSR count). The zero-order chi connectivity index (χ0) is 20.0. The number of hydrogen-bond donors (Lipinski definition) is 3. The second kappa shape index (κ2) is 8.67. The number of urea groups is 2. The van der Waals surface area contributed by atoms with E-state index in [0.717, 1.165) is 0 Å². The van der Waals surface area contributed by atoms with Gasteiger partial charge < -0.3 is 15.4 Å². The zero-order valence-corrected chi connectivity index (χ0v) is 15.1. The molecule has 0 unspecified atom stereocenters. The molecule has 6 nitrogen and oxygen atoms in total. The van der Waals surface area contributed by atoms with Crippen molar-refractivity contribution in [2.24, 2.45) is 0 Å². The van der Waals surface area contributed by atoms with E-state index >= 15 is 0 Å². The predicted molar refractivity (Wildman–Crippen MR) is 96.2 cm³/mol. The van der Waals surface area contributed by atoms with E-state index in [2.05, 4.69) is 16.0 Å². The van der Waals surface area contributed by atoms with Gasteiger partial charge in [0.1, 0.15) is 11.5 Å². The number of nitrogens with one attached hydrogen (secondary N) is 3. The van der Waals surface area contributed by atoms with Crippen molar-refractivity contribution in [2.75, 3.05) is 12.4 Å². The van der Waals surface area contributed by atoms with Gasteiger partial charge in [-0.2, -0.15) is 13.2 Å². The van der Waals surface area contributed by atoms with Crippen LogP contribution in [-0.4, -0.2) is 24.6 Å². The molecule has 2 aromatic rings. The van der Waals surface area contributed by atoms with Crippen LogP contribution in [0.5, 0.6) is 11.5 Å². The van der Waals surface area contributed by atoms with Gasteiger partial charge in [-0.25, -0.2) is 9.59 Å². The van der Waals surface area contributed by atoms with Gasteiger partial charge in [-0.15, -0.1) is 0 Å². The zero-order valence-electron chi connectivity index (χ0n) is 14.3. The summed E-state index contributed by atoms with van der Waals surface area (Å²) in [5.74, 6) is 0.853. The maximum Gasteiger partial charge on any atom is 0.446 e. The van der Waals surface area contributed by atoms with Crippen LogP contribution in [-0.2, 0) is 0 Å². The smallest absolute Gasteiger partial charge is 0.446 e. The molecule has 0 heterocycles. The van der Waals surface area contributed by atoms with Crippen LogP contribution < -0.4 is 20.7 Å². The van der Waals surface area contributed by atoms with E-state index in [1.807, 2.05) is 0 Å². The van der Waals surface area contributed by atoms with Gasteiger partial charge in [-0.1, -0.05) is 0 Å². The van der Waals surface area contributed by atoms with Crippen LogP contribution in [0.4, 0.5) is 28.4 Å². The topological polar surface area (TPSA) is 79.5 Å². The highest BCUT2D eigenvalue weighted by Crippen LogP contribution is 2.37. The fourth-order valence-electron chi connectivity index (χ4n) is 2.01. The third-order valence-electron chi connectivity index (χ3n) is 3.17. The van der Waals surface area contributed by atoms with Crippen LogP contribution >= 0.6 is 11.8 Å². The van der Waals surface area contributed by atoms with Crippen LogP contribution in [0.1, 0.15) is 5.56 Å². The molecule has 10 heteroatoms. The van der Waals surface area contributed by atoms with Crippen molar-refractivity contribution >= 4 is 29.5 Å². The van der Waals surface area contributed by atoms with E-state index < -0.39 is 17.6 Å². The van der Waals surface area contributed by atoms with Crippen molar-refractivity contribution in [3.05, 3.63) is 48.0 Å². The molecule has 0 aromatic heterocycles. The lowest BCUT2D eigenvalue weighted by Crippen LogP contribution is -2.40. The van der Waals surface area contributed by atoms with Crippen LogP contribution in [0.25, 0.3) is 0 Å². The van der Waals surface area contributed by atoms with Crippen molar-refractivity contribution in [3.8, 4) is 11.5 Å². The van der Waals surface area contributed by atoms with Crippen molar-refractivity contribution < 1.29 is 27.5 Å². The van der Waals surface area contributed by atoms with E-state index in [1.54, 1.807) is 25.1 Å². The summed E-state index contributed by atoms with van der Waals surface area (Å²) in [7, 11) is 1.38. The van der Waals surface area contributed by atoms with E-state index in [9.17, 15) is 22.8 Å². The lowest BCUT2D eigenvalue weighted by atomic mass is 10.2. The number of rotatable bonds is 4. The fraction of sp³-hybridized carbons (Fsp3) is 0.176. The summed E-state index contributed by atoms with van der Waals surface area (Å²) < 4.78 is 42.7. The quantitative estimate of drug-likeness (QED) is 0.642. The Morgan fingerprint density at radius 2 is 1.70 bits per heavy atom. The number of benzene rings is 2. The minimum Gasteiger partial charge on any atom is -0.457 e. The molecule has 3 N–H and O–H groups in total. The molecule has 0 aliphatic heterocycles. The molecule has 2 aromatic carbocycles. The summed E-state index contributed by atoms with van der Waals surface area (Å²) in [5.41, 5.74) is -3.22. The normalized spacial score (nSPS) is 10.9. The minimum atomic E-state index is -4.34. The van der Waals surface area contributed by atoms with E-state index in [1.165, 1.54) is 31.3 Å². The Labute approximate surface area is 157 Å². The summed E-state index contributed by atoms with van der Waals surface area (Å²) in [4.78, 5) is 22.7. The third kappa shape index (κ3) is 6.74. The molecule has 0 saturated heterocycles. The average molecular weight is 399 g/mol. The monoisotopic (exact) mass is 399 g/mol. The molecule has 0 bridgehead atoms. The molecule has 0 fully saturated rings. The summed E-state index contributed by atoms with van der Waals surface area (Å²) in [5, 5.41) is 6.80. The van der Waals surface area contributed by atoms with Gasteiger partial charge in [0, 0.05) is 17.6 Å². The Morgan fingerprint density at radius 1 is 1.04 bits per heavy atom. The second-order valence-corrected chi connectivity index (χ2v) is 6.40. The van der Waals surface area contributed by atoms with E-state index in [0.29, 0.717) is 22.7 Å². The number of hydrogen-bond acceptors (Lipinski definition) is 4. The van der Waals surface area contributed by atoms with Gasteiger partial charge in [0.25, 0.3) is 0 Å². The number of aryl methyl sites for hydroxylation is 1. The van der Waals surface area contributed by atoms with Crippen LogP contribution in [0.3, 0.4) is 0 Å². The Morgan fingerprint density at radius 3 is 2.26 bits per heavy atom. The Hall–Kier alpha value is -2.88. The van der Waals surface area contributed by atoms with Crippen LogP contribution in [0.2, 0.25) is 0 Å². The third-order valence-corrected chi connectivity index (χ3v) is 3.91. The summed E-state index contributed by atoms with van der Waals surface area (Å²) in [6.45, 7) is 1.74. The van der Waals surface area contributed by atoms with Crippen LogP contribution in [0.15, 0.2) is 47.4 Å². The fourth-order valence-corrected chi connectivity index (χ4v) is 2.55. The van der Waals surface area contributed by atoms with Gasteiger partial charge in [0.05, 0.1) is 0 Å². The Bertz CT molecular complexity index is 826. The number of halogens is 3. The number of carbonyl (C=O) groups is 2. The summed E-state index contributed by atoms with van der Waals surface area (Å²) >= 11 is -0.198. The molecular weight excluding hydrogens is 383 g/mol. The molecule has 0 spiro atoms. The molecular formula is C17H16F3N3O3S. The van der Waals surface area contributed by atoms with Gasteiger partial charge >= 0.3 is 17.6 Å². The first kappa shape index (κ1) is 20.4. The highest BCUT2D eigenvalue weighted by molar-refractivity contribution is 8.00. The number of ether oxygens (including phenoxy) is 1. The number of carbonyl (C=O) groups excluding carboxylic acids is 2. The van der Waals surface area contributed by atoms with E-state index in [-0.39, 0.29) is 16.7 Å². The molecule has 144 valence electrons. The van der Waals surface area contributed by atoms with Crippen molar-refractivity contribution in [2.45, 2.75) is 17.3 Å². The molecule has 4 amide bonds.